The minimum absolute atomic E-state index is 0.148. The highest BCUT2D eigenvalue weighted by Crippen LogP contribution is 2.15. The number of rotatable bonds is 7. The molecule has 0 N–H and O–H groups in total. The van der Waals surface area contributed by atoms with E-state index < -0.39 is 6.67 Å². The third-order valence-electron chi connectivity index (χ3n) is 3.16. The number of pyridine rings is 1. The predicted octanol–water partition coefficient (Wildman–Crippen LogP) is 3.29. The maximum atomic E-state index is 11.8. The van der Waals surface area contributed by atoms with E-state index in [0.717, 1.165) is 36.2 Å². The number of hydrogen-bond donors (Lipinski definition) is 0. The summed E-state index contributed by atoms with van der Waals surface area (Å²) in [5, 5.41) is 4.13. The van der Waals surface area contributed by atoms with Crippen LogP contribution >= 0.6 is 0 Å². The van der Waals surface area contributed by atoms with E-state index in [1.54, 1.807) is 6.20 Å². The van der Waals surface area contributed by atoms with Crippen LogP contribution < -0.4 is 0 Å². The summed E-state index contributed by atoms with van der Waals surface area (Å²) in [6.45, 7) is 0.663. The predicted molar refractivity (Wildman–Crippen MR) is 87.8 cm³/mol. The number of halogens is 1. The van der Waals surface area contributed by atoms with Gasteiger partial charge in [-0.2, -0.15) is 0 Å². The molecule has 0 aromatic carbocycles. The third kappa shape index (κ3) is 7.07. The highest BCUT2D eigenvalue weighted by atomic mass is 19.1. The van der Waals surface area contributed by atoms with Crippen LogP contribution in [0.3, 0.4) is 0 Å². The molecule has 1 aliphatic rings. The van der Waals surface area contributed by atoms with E-state index in [0.29, 0.717) is 19.6 Å². The largest absolute Gasteiger partial charge is 0.396 e. The number of oxime groups is 1. The summed E-state index contributed by atoms with van der Waals surface area (Å²) in [5.74, 6) is 6.21. The van der Waals surface area contributed by atoms with Crippen molar-refractivity contribution in [2.24, 2.45) is 5.16 Å². The third-order valence-corrected chi connectivity index (χ3v) is 3.16. The lowest BCUT2D eigenvalue weighted by molar-refractivity contribution is 0.0794. The lowest BCUT2D eigenvalue weighted by Gasteiger charge is -2.09. The second-order valence-corrected chi connectivity index (χ2v) is 5.06. The second-order valence-electron chi connectivity index (χ2n) is 5.06. The number of nitrogens with zero attached hydrogens (tertiary/aromatic N) is 2. The van der Waals surface area contributed by atoms with Gasteiger partial charge in [0.25, 0.3) is 0 Å². The van der Waals surface area contributed by atoms with Crippen molar-refractivity contribution in [2.45, 2.75) is 25.7 Å². The summed E-state index contributed by atoms with van der Waals surface area (Å²) in [7, 11) is 0. The van der Waals surface area contributed by atoms with Crippen molar-refractivity contribution in [2.75, 3.05) is 26.5 Å². The Morgan fingerprint density at radius 1 is 1.17 bits per heavy atom. The molecule has 1 aromatic heterocycles. The van der Waals surface area contributed by atoms with Crippen molar-refractivity contribution >= 4 is 5.71 Å². The zero-order valence-corrected chi connectivity index (χ0v) is 13.1. The van der Waals surface area contributed by atoms with Crippen LogP contribution in [0.2, 0.25) is 0 Å². The Labute approximate surface area is 136 Å². The summed E-state index contributed by atoms with van der Waals surface area (Å²) in [6.07, 6.45) is 7.29. The molecule has 0 spiro atoms. The topological polar surface area (TPSA) is 43.7 Å². The van der Waals surface area contributed by atoms with Gasteiger partial charge in [0.15, 0.2) is 0 Å². The van der Waals surface area contributed by atoms with Crippen LogP contribution in [0, 0.1) is 11.8 Å². The number of aromatic nitrogens is 1. The fraction of sp³-hybridized carbons (Fsp3) is 0.444. The lowest BCUT2D eigenvalue weighted by Crippen LogP contribution is -2.05. The molecule has 0 saturated heterocycles. The molecule has 0 bridgehead atoms. The normalized spacial score (nSPS) is 15.7. The van der Waals surface area contributed by atoms with E-state index in [9.17, 15) is 4.39 Å². The molecular formula is C18H21FN2O2. The lowest BCUT2D eigenvalue weighted by atomic mass is 9.98. The van der Waals surface area contributed by atoms with Gasteiger partial charge in [0.1, 0.15) is 19.0 Å². The van der Waals surface area contributed by atoms with Gasteiger partial charge in [0, 0.05) is 18.2 Å². The van der Waals surface area contributed by atoms with Crippen LogP contribution in [0.15, 0.2) is 41.2 Å². The maximum absolute atomic E-state index is 11.8. The Morgan fingerprint density at radius 3 is 2.96 bits per heavy atom. The van der Waals surface area contributed by atoms with Crippen molar-refractivity contribution in [3.8, 4) is 11.8 Å². The molecule has 122 valence electrons. The van der Waals surface area contributed by atoms with Crippen LogP contribution in [-0.2, 0) is 9.57 Å². The molecule has 23 heavy (non-hydrogen) atoms. The van der Waals surface area contributed by atoms with Gasteiger partial charge < -0.3 is 9.57 Å². The van der Waals surface area contributed by atoms with Gasteiger partial charge in [-0.1, -0.05) is 17.1 Å². The van der Waals surface area contributed by atoms with E-state index >= 15 is 0 Å². The molecular weight excluding hydrogens is 295 g/mol. The fourth-order valence-electron chi connectivity index (χ4n) is 2.07. The molecule has 0 aliphatic heterocycles. The van der Waals surface area contributed by atoms with Crippen molar-refractivity contribution < 1.29 is 14.0 Å². The van der Waals surface area contributed by atoms with Gasteiger partial charge >= 0.3 is 0 Å². The number of alkyl halides is 1. The molecule has 5 heteroatoms. The zero-order chi connectivity index (χ0) is 16.2. The first-order valence-electron chi connectivity index (χ1n) is 7.84. The van der Waals surface area contributed by atoms with Gasteiger partial charge in [0.2, 0.25) is 0 Å². The minimum atomic E-state index is -0.448. The van der Waals surface area contributed by atoms with Crippen LogP contribution in [0.4, 0.5) is 4.39 Å². The molecule has 0 radical (unpaired) electrons. The van der Waals surface area contributed by atoms with Crippen LogP contribution in [-0.4, -0.2) is 37.2 Å². The first-order chi connectivity index (χ1) is 11.4. The summed E-state index contributed by atoms with van der Waals surface area (Å²) in [5.41, 5.74) is 2.73. The van der Waals surface area contributed by atoms with E-state index in [1.807, 2.05) is 24.3 Å². The first kappa shape index (κ1) is 17.2. The number of hydrogen-bond acceptors (Lipinski definition) is 4. The van der Waals surface area contributed by atoms with Crippen molar-refractivity contribution in [3.05, 3.63) is 41.7 Å². The van der Waals surface area contributed by atoms with Crippen molar-refractivity contribution in [1.29, 1.82) is 0 Å². The summed E-state index contributed by atoms with van der Waals surface area (Å²) in [4.78, 5) is 9.46. The average molecular weight is 316 g/mol. The summed E-state index contributed by atoms with van der Waals surface area (Å²) >= 11 is 0. The molecule has 0 saturated carbocycles. The Morgan fingerprint density at radius 2 is 2.13 bits per heavy atom. The first-order valence-corrected chi connectivity index (χ1v) is 7.84. The van der Waals surface area contributed by atoms with E-state index in [4.69, 9.17) is 9.57 Å². The molecule has 1 heterocycles. The minimum Gasteiger partial charge on any atom is -0.396 e. The Balaban J connectivity index is 1.79. The zero-order valence-electron chi connectivity index (χ0n) is 13.1. The summed E-state index contributed by atoms with van der Waals surface area (Å²) in [6, 6.07) is 5.68. The van der Waals surface area contributed by atoms with E-state index in [-0.39, 0.29) is 6.61 Å². The smallest absolute Gasteiger partial charge is 0.119 e. The molecule has 0 amide bonds. The highest BCUT2D eigenvalue weighted by Gasteiger charge is 2.07. The van der Waals surface area contributed by atoms with Crippen LogP contribution in [0.5, 0.6) is 0 Å². The maximum Gasteiger partial charge on any atom is 0.119 e. The second kappa shape index (κ2) is 10.5. The molecule has 0 fully saturated rings. The van der Waals surface area contributed by atoms with Gasteiger partial charge in [-0.25, -0.2) is 9.37 Å². The molecule has 1 aromatic rings. The average Bonchev–Trinajstić information content (AvgIpc) is 2.60. The summed E-state index contributed by atoms with van der Waals surface area (Å²) < 4.78 is 16.8. The monoisotopic (exact) mass is 316 g/mol. The van der Waals surface area contributed by atoms with Gasteiger partial charge in [-0.3, -0.25) is 0 Å². The van der Waals surface area contributed by atoms with Gasteiger partial charge in [-0.05, 0) is 43.4 Å². The molecule has 1 aliphatic carbocycles. The number of allylic oxidation sites excluding steroid dienone is 2. The standard InChI is InChI=1S/C18H21FN2O2/c19-10-14-22-12-4-13-23-21-18-7-3-5-16(15-18)8-9-17-6-1-2-11-20-17/h1-2,6,11,15H,3-5,7,10,12-14H2. The quantitative estimate of drug-likeness (QED) is 0.440. The van der Waals surface area contributed by atoms with Gasteiger partial charge in [0.05, 0.1) is 18.9 Å². The Kier molecular flexibility index (Phi) is 7.85. The molecule has 2 rings (SSSR count). The highest BCUT2D eigenvalue weighted by molar-refractivity contribution is 5.96. The fourth-order valence-corrected chi connectivity index (χ4v) is 2.07. The van der Waals surface area contributed by atoms with Crippen molar-refractivity contribution in [1.82, 2.24) is 4.98 Å². The molecule has 0 unspecified atom stereocenters. The van der Waals surface area contributed by atoms with E-state index in [1.165, 1.54) is 0 Å². The van der Waals surface area contributed by atoms with Gasteiger partial charge in [-0.15, -0.1) is 0 Å². The molecule has 4 nitrogen and oxygen atoms in total. The SMILES string of the molecule is FCCOCCCON=C1C=C(C#Cc2ccccn2)CCC1. The number of ether oxygens (including phenoxy) is 1. The van der Waals surface area contributed by atoms with Crippen molar-refractivity contribution in [3.63, 3.8) is 0 Å². The van der Waals surface area contributed by atoms with Crippen LogP contribution in [0.25, 0.3) is 0 Å². The Bertz CT molecular complexity index is 588. The Hall–Kier alpha value is -2.19. The van der Waals surface area contributed by atoms with Crippen LogP contribution in [0.1, 0.15) is 31.4 Å². The van der Waals surface area contributed by atoms with E-state index in [2.05, 4.69) is 22.0 Å². The molecule has 0 atom stereocenters.